The Labute approximate surface area is 193 Å². The van der Waals surface area contributed by atoms with Gasteiger partial charge >= 0.3 is 5.69 Å². The van der Waals surface area contributed by atoms with E-state index in [-0.39, 0.29) is 5.41 Å². The Kier molecular flexibility index (Phi) is 6.94. The van der Waals surface area contributed by atoms with Gasteiger partial charge in [0.1, 0.15) is 5.75 Å². The van der Waals surface area contributed by atoms with Crippen molar-refractivity contribution in [1.82, 2.24) is 14.3 Å². The lowest BCUT2D eigenvalue weighted by molar-refractivity contribution is 0.399. The van der Waals surface area contributed by atoms with Gasteiger partial charge in [0.25, 0.3) is 5.56 Å². The van der Waals surface area contributed by atoms with Crippen LogP contribution in [-0.2, 0) is 21.9 Å². The highest BCUT2D eigenvalue weighted by molar-refractivity contribution is 7.88. The zero-order valence-corrected chi connectivity index (χ0v) is 20.2. The maximum atomic E-state index is 12.4. The third-order valence-corrected chi connectivity index (χ3v) is 5.96. The van der Waals surface area contributed by atoms with E-state index in [0.29, 0.717) is 24.4 Å². The van der Waals surface area contributed by atoms with E-state index >= 15 is 0 Å². The van der Waals surface area contributed by atoms with Crippen LogP contribution in [0.25, 0.3) is 16.8 Å². The lowest BCUT2D eigenvalue weighted by Gasteiger charge is -2.25. The van der Waals surface area contributed by atoms with E-state index in [2.05, 4.69) is 30.5 Å². The minimum Gasteiger partial charge on any atom is -0.496 e. The maximum absolute atomic E-state index is 12.4. The average Bonchev–Trinajstić information content (AvgIpc) is 2.72. The van der Waals surface area contributed by atoms with Crippen LogP contribution in [0.5, 0.6) is 5.75 Å². The molecule has 1 aromatic heterocycles. The number of methoxy groups -OCH3 is 1. The van der Waals surface area contributed by atoms with Crippen LogP contribution in [0.3, 0.4) is 0 Å². The Hall–Kier alpha value is -3.17. The summed E-state index contributed by atoms with van der Waals surface area (Å²) in [5.41, 5.74) is 2.94. The molecule has 0 fully saturated rings. The molecule has 0 amide bonds. The van der Waals surface area contributed by atoms with Gasteiger partial charge in [0.15, 0.2) is 0 Å². The maximum Gasteiger partial charge on any atom is 0.332 e. The molecule has 8 nitrogen and oxygen atoms in total. The van der Waals surface area contributed by atoms with Crippen molar-refractivity contribution >= 4 is 10.0 Å². The molecular formula is C24H29N3O5S. The van der Waals surface area contributed by atoms with Gasteiger partial charge in [-0.25, -0.2) is 17.9 Å². The lowest BCUT2D eigenvalue weighted by Crippen LogP contribution is -2.27. The molecular weight excluding hydrogens is 442 g/mol. The molecule has 0 saturated heterocycles. The average molecular weight is 472 g/mol. The molecule has 0 radical (unpaired) electrons. The number of benzene rings is 2. The zero-order chi connectivity index (χ0) is 24.4. The summed E-state index contributed by atoms with van der Waals surface area (Å²) in [6.07, 6.45) is 3.15. The second kappa shape index (κ2) is 9.36. The highest BCUT2D eigenvalue weighted by Crippen LogP contribution is 2.41. The highest BCUT2D eigenvalue weighted by atomic mass is 32.2. The monoisotopic (exact) mass is 471 g/mol. The second-order valence-corrected chi connectivity index (χ2v) is 10.8. The number of aromatic amines is 1. The fourth-order valence-electron chi connectivity index (χ4n) is 3.60. The van der Waals surface area contributed by atoms with Crippen molar-refractivity contribution in [3.05, 3.63) is 80.6 Å². The molecule has 0 aliphatic carbocycles. The first-order valence-electron chi connectivity index (χ1n) is 10.5. The van der Waals surface area contributed by atoms with E-state index in [1.54, 1.807) is 7.11 Å². The lowest BCUT2D eigenvalue weighted by atomic mass is 9.83. The summed E-state index contributed by atoms with van der Waals surface area (Å²) in [6, 6.07) is 12.8. The van der Waals surface area contributed by atoms with E-state index < -0.39 is 21.3 Å². The molecule has 0 aliphatic rings. The topological polar surface area (TPSA) is 110 Å². The summed E-state index contributed by atoms with van der Waals surface area (Å²) >= 11 is 0. The van der Waals surface area contributed by atoms with Crippen molar-refractivity contribution in [2.75, 3.05) is 19.9 Å². The smallest absolute Gasteiger partial charge is 0.332 e. The molecule has 0 atom stereocenters. The molecule has 0 saturated carbocycles. The van der Waals surface area contributed by atoms with Crippen LogP contribution >= 0.6 is 0 Å². The Morgan fingerprint density at radius 2 is 1.73 bits per heavy atom. The van der Waals surface area contributed by atoms with Crippen molar-refractivity contribution in [3.8, 4) is 22.6 Å². The Bertz CT molecular complexity index is 1360. The van der Waals surface area contributed by atoms with Gasteiger partial charge in [0.2, 0.25) is 10.0 Å². The van der Waals surface area contributed by atoms with Crippen LogP contribution in [0.1, 0.15) is 31.9 Å². The fourth-order valence-corrected chi connectivity index (χ4v) is 4.07. The molecule has 0 spiro atoms. The Morgan fingerprint density at radius 1 is 1.06 bits per heavy atom. The Morgan fingerprint density at radius 3 is 2.27 bits per heavy atom. The van der Waals surface area contributed by atoms with E-state index in [9.17, 15) is 18.0 Å². The van der Waals surface area contributed by atoms with Gasteiger partial charge in [-0.05, 0) is 35.1 Å². The molecule has 2 aromatic carbocycles. The van der Waals surface area contributed by atoms with Gasteiger partial charge < -0.3 is 4.74 Å². The first-order chi connectivity index (χ1) is 15.4. The molecule has 9 heteroatoms. The van der Waals surface area contributed by atoms with E-state index in [1.165, 1.54) is 16.8 Å². The van der Waals surface area contributed by atoms with E-state index in [0.717, 1.165) is 28.5 Å². The first kappa shape index (κ1) is 24.5. The molecule has 176 valence electrons. The summed E-state index contributed by atoms with van der Waals surface area (Å²) in [7, 11) is -1.61. The molecule has 0 unspecified atom stereocenters. The van der Waals surface area contributed by atoms with E-state index in [4.69, 9.17) is 4.74 Å². The minimum atomic E-state index is -3.23. The normalized spacial score (nSPS) is 12.0. The van der Waals surface area contributed by atoms with Crippen molar-refractivity contribution in [1.29, 1.82) is 0 Å². The summed E-state index contributed by atoms with van der Waals surface area (Å²) in [5, 5.41) is 0. The quantitative estimate of drug-likeness (QED) is 0.550. The molecule has 0 bridgehead atoms. The third kappa shape index (κ3) is 6.00. The molecule has 0 aliphatic heterocycles. The number of hydrogen-bond donors (Lipinski definition) is 2. The SMILES string of the molecule is COc1c(-c2ccc(CCNS(C)(=O)=O)cc2)cc(-n2ccc(=O)[nH]c2=O)cc1C(C)(C)C. The summed E-state index contributed by atoms with van der Waals surface area (Å²) in [6.45, 7) is 6.50. The molecule has 3 aromatic rings. The number of aromatic nitrogens is 2. The first-order valence-corrected chi connectivity index (χ1v) is 12.4. The second-order valence-electron chi connectivity index (χ2n) is 8.92. The van der Waals surface area contributed by atoms with Crippen LogP contribution in [0, 0.1) is 0 Å². The standard InChI is InChI=1S/C24H29N3O5S/c1-24(2,3)20-15-18(27-13-11-21(28)26-23(27)29)14-19(22(20)32-4)17-8-6-16(7-9-17)10-12-25-33(5,30)31/h6-9,11,13-15,25H,10,12H2,1-5H3,(H,26,28,29). The predicted octanol–water partition coefficient (Wildman–Crippen LogP) is 2.59. The highest BCUT2D eigenvalue weighted by Gasteiger charge is 2.24. The molecule has 1 heterocycles. The predicted molar refractivity (Wildman–Crippen MR) is 130 cm³/mol. The van der Waals surface area contributed by atoms with Crippen LogP contribution in [0.4, 0.5) is 0 Å². The molecule has 3 rings (SSSR count). The van der Waals surface area contributed by atoms with Crippen LogP contribution < -0.4 is 20.7 Å². The number of rotatable bonds is 7. The number of nitrogens with one attached hydrogen (secondary N) is 2. The van der Waals surface area contributed by atoms with Crippen LogP contribution in [-0.4, -0.2) is 37.9 Å². The van der Waals surface area contributed by atoms with Crippen molar-refractivity contribution in [2.45, 2.75) is 32.6 Å². The minimum absolute atomic E-state index is 0.279. The molecule has 2 N–H and O–H groups in total. The van der Waals surface area contributed by atoms with Gasteiger partial charge in [-0.3, -0.25) is 14.3 Å². The van der Waals surface area contributed by atoms with Gasteiger partial charge in [0.05, 0.1) is 19.1 Å². The van der Waals surface area contributed by atoms with Crippen molar-refractivity contribution in [2.24, 2.45) is 0 Å². The molecule has 33 heavy (non-hydrogen) atoms. The third-order valence-electron chi connectivity index (χ3n) is 5.23. The van der Waals surface area contributed by atoms with Gasteiger partial charge in [0, 0.05) is 29.9 Å². The van der Waals surface area contributed by atoms with Crippen molar-refractivity contribution < 1.29 is 13.2 Å². The zero-order valence-electron chi connectivity index (χ0n) is 19.4. The number of sulfonamides is 1. The van der Waals surface area contributed by atoms with Gasteiger partial charge in [-0.2, -0.15) is 0 Å². The van der Waals surface area contributed by atoms with Crippen molar-refractivity contribution in [3.63, 3.8) is 0 Å². The van der Waals surface area contributed by atoms with E-state index in [1.807, 2.05) is 36.4 Å². The summed E-state index contributed by atoms with van der Waals surface area (Å²) in [4.78, 5) is 26.3. The van der Waals surface area contributed by atoms with Gasteiger partial charge in [-0.15, -0.1) is 0 Å². The number of ether oxygens (including phenoxy) is 1. The number of hydrogen-bond acceptors (Lipinski definition) is 5. The summed E-state index contributed by atoms with van der Waals surface area (Å²) in [5.74, 6) is 0.704. The number of H-pyrrole nitrogens is 1. The van der Waals surface area contributed by atoms with Crippen LogP contribution in [0.15, 0.2) is 58.3 Å². The largest absolute Gasteiger partial charge is 0.496 e. The Balaban J connectivity index is 2.10. The fraction of sp³-hybridized carbons (Fsp3) is 0.333. The summed E-state index contributed by atoms with van der Waals surface area (Å²) < 4.78 is 32.2. The van der Waals surface area contributed by atoms with Gasteiger partial charge in [-0.1, -0.05) is 45.0 Å². The number of nitrogens with zero attached hydrogens (tertiary/aromatic N) is 1. The van der Waals surface area contributed by atoms with Crippen LogP contribution in [0.2, 0.25) is 0 Å².